The van der Waals surface area contributed by atoms with Crippen LogP contribution in [0.5, 0.6) is 0 Å². The second-order valence-electron chi connectivity index (χ2n) is 8.30. The van der Waals surface area contributed by atoms with E-state index in [1.165, 1.54) is 0 Å². The van der Waals surface area contributed by atoms with Crippen LogP contribution in [0.3, 0.4) is 0 Å². The summed E-state index contributed by atoms with van der Waals surface area (Å²) < 4.78 is 0. The van der Waals surface area contributed by atoms with Gasteiger partial charge >= 0.3 is 0 Å². The molecule has 10 N–H and O–H groups in total. The number of hydrogen-bond acceptors (Lipinski definition) is 6. The second kappa shape index (κ2) is 12.4. The highest BCUT2D eigenvalue weighted by atomic mass is 16.3. The summed E-state index contributed by atoms with van der Waals surface area (Å²) >= 11 is 0. The van der Waals surface area contributed by atoms with E-state index in [1.807, 2.05) is 72.8 Å². The summed E-state index contributed by atoms with van der Waals surface area (Å²) in [5.74, 6) is -0.990. The maximum Gasteiger partial charge on any atom is 0.116 e. The molecule has 4 heterocycles. The highest BCUT2D eigenvalue weighted by Gasteiger charge is 2.57. The van der Waals surface area contributed by atoms with E-state index in [-0.39, 0.29) is 34.7 Å². The van der Waals surface area contributed by atoms with Crippen molar-refractivity contribution in [3.05, 3.63) is 120 Å². The fraction of sp³-hybridized carbons (Fsp3) is 0.231. The quantitative estimate of drug-likeness (QED) is 0.407. The standard InChI is InChI=1S/C26H24N4O2.4H2O/c31-25(23-11-3-7-15-29-23)18-20(22-10-2-6-14-28-22)26(32,24-12-4-8-16-30-24)17-19(25)21-9-1-5-13-27-21;;;;/h1-16,19-20,31-32H,17-18H2;4*1H2. The lowest BCUT2D eigenvalue weighted by Gasteiger charge is -2.50. The Kier molecular flexibility index (Phi) is 10.4. The third-order valence-electron chi connectivity index (χ3n) is 6.49. The lowest BCUT2D eigenvalue weighted by atomic mass is 9.59. The van der Waals surface area contributed by atoms with Gasteiger partial charge in [0.2, 0.25) is 0 Å². The van der Waals surface area contributed by atoms with Gasteiger partial charge in [0, 0.05) is 48.0 Å². The van der Waals surface area contributed by atoms with Crippen molar-refractivity contribution >= 4 is 0 Å². The summed E-state index contributed by atoms with van der Waals surface area (Å²) in [4.78, 5) is 18.1. The Morgan fingerprint density at radius 3 is 1.11 bits per heavy atom. The number of pyridine rings is 4. The van der Waals surface area contributed by atoms with Crippen LogP contribution in [-0.4, -0.2) is 52.1 Å². The highest BCUT2D eigenvalue weighted by molar-refractivity contribution is 5.34. The summed E-state index contributed by atoms with van der Waals surface area (Å²) in [6, 6.07) is 22.3. The maximum atomic E-state index is 12.2. The van der Waals surface area contributed by atoms with Crippen LogP contribution < -0.4 is 0 Å². The molecule has 4 aromatic heterocycles. The van der Waals surface area contributed by atoms with Gasteiger partial charge < -0.3 is 32.1 Å². The summed E-state index contributed by atoms with van der Waals surface area (Å²) in [6.07, 6.45) is 7.21. The smallest absolute Gasteiger partial charge is 0.116 e. The van der Waals surface area contributed by atoms with Crippen LogP contribution in [-0.2, 0) is 11.2 Å². The van der Waals surface area contributed by atoms with Crippen molar-refractivity contribution in [1.82, 2.24) is 19.9 Å². The van der Waals surface area contributed by atoms with Gasteiger partial charge in [-0.05, 0) is 61.4 Å². The summed E-state index contributed by atoms with van der Waals surface area (Å²) in [7, 11) is 0. The minimum absolute atomic E-state index is 0. The summed E-state index contributed by atoms with van der Waals surface area (Å²) in [6.45, 7) is 0. The zero-order chi connectivity index (χ0) is 22.0. The Bertz CT molecular complexity index is 1080. The fourth-order valence-corrected chi connectivity index (χ4v) is 4.91. The molecule has 0 aliphatic heterocycles. The molecule has 0 bridgehead atoms. The minimum atomic E-state index is -1.35. The summed E-state index contributed by atoms with van der Waals surface area (Å²) in [5.41, 5.74) is -0.180. The van der Waals surface area contributed by atoms with Gasteiger partial charge in [0.25, 0.3) is 0 Å². The van der Waals surface area contributed by atoms with Crippen LogP contribution in [0.1, 0.15) is 47.5 Å². The van der Waals surface area contributed by atoms with Crippen molar-refractivity contribution < 1.29 is 32.1 Å². The first-order valence-corrected chi connectivity index (χ1v) is 10.7. The molecule has 1 aliphatic rings. The van der Waals surface area contributed by atoms with E-state index in [0.717, 1.165) is 0 Å². The van der Waals surface area contributed by atoms with Crippen molar-refractivity contribution in [2.45, 2.75) is 35.9 Å². The molecule has 0 aromatic carbocycles. The predicted octanol–water partition coefficient (Wildman–Crippen LogP) is 0.405. The van der Waals surface area contributed by atoms with Crippen molar-refractivity contribution in [2.24, 2.45) is 0 Å². The third-order valence-corrected chi connectivity index (χ3v) is 6.49. The molecule has 36 heavy (non-hydrogen) atoms. The average molecular weight is 497 g/mol. The van der Waals surface area contributed by atoms with Crippen molar-refractivity contribution in [3.63, 3.8) is 0 Å². The Hall–Kier alpha value is -3.64. The van der Waals surface area contributed by atoms with E-state index < -0.39 is 23.0 Å². The topological polar surface area (TPSA) is 218 Å². The molecular formula is C26H32N4O6. The molecule has 5 rings (SSSR count). The Balaban J connectivity index is 0.00000162. The molecule has 0 amide bonds. The molecule has 1 fully saturated rings. The molecule has 10 heteroatoms. The fourth-order valence-electron chi connectivity index (χ4n) is 4.91. The van der Waals surface area contributed by atoms with Crippen LogP contribution in [0.2, 0.25) is 0 Å². The molecule has 1 saturated carbocycles. The third kappa shape index (κ3) is 5.29. The Labute approximate surface area is 208 Å². The lowest BCUT2D eigenvalue weighted by Crippen LogP contribution is -2.51. The van der Waals surface area contributed by atoms with Gasteiger partial charge in [-0.1, -0.05) is 24.3 Å². The van der Waals surface area contributed by atoms with Gasteiger partial charge in [0.1, 0.15) is 11.2 Å². The molecular weight excluding hydrogens is 464 g/mol. The van der Waals surface area contributed by atoms with Crippen molar-refractivity contribution in [2.75, 3.05) is 0 Å². The number of aliphatic hydroxyl groups is 2. The van der Waals surface area contributed by atoms with Gasteiger partial charge in [-0.3, -0.25) is 19.9 Å². The van der Waals surface area contributed by atoms with Gasteiger partial charge in [-0.25, -0.2) is 0 Å². The van der Waals surface area contributed by atoms with Gasteiger partial charge in [0.15, 0.2) is 0 Å². The predicted molar refractivity (Wildman–Crippen MR) is 134 cm³/mol. The first-order chi connectivity index (χ1) is 15.6. The average Bonchev–Trinajstić information content (AvgIpc) is 2.87. The molecule has 10 nitrogen and oxygen atoms in total. The van der Waals surface area contributed by atoms with Crippen LogP contribution in [0, 0.1) is 0 Å². The number of nitrogens with zero attached hydrogens (tertiary/aromatic N) is 4. The van der Waals surface area contributed by atoms with Gasteiger partial charge in [-0.2, -0.15) is 0 Å². The molecule has 4 aromatic rings. The molecule has 1 aliphatic carbocycles. The van der Waals surface area contributed by atoms with Crippen LogP contribution in [0.15, 0.2) is 97.6 Å². The Morgan fingerprint density at radius 1 is 0.500 bits per heavy atom. The van der Waals surface area contributed by atoms with Crippen molar-refractivity contribution in [3.8, 4) is 0 Å². The first-order valence-electron chi connectivity index (χ1n) is 10.7. The molecule has 0 radical (unpaired) electrons. The van der Waals surface area contributed by atoms with Gasteiger partial charge in [0.05, 0.1) is 11.4 Å². The second-order valence-corrected chi connectivity index (χ2v) is 8.30. The SMILES string of the molecule is O.O.O.O.OC1(c2ccccn2)CC(c2ccccn2)C(O)(c2ccccn2)CC1c1ccccn1. The number of aromatic nitrogens is 4. The largest absolute Gasteiger partial charge is 0.412 e. The van der Waals surface area contributed by atoms with Crippen LogP contribution in [0.25, 0.3) is 0 Å². The maximum absolute atomic E-state index is 12.2. The molecule has 4 unspecified atom stereocenters. The van der Waals surface area contributed by atoms with Crippen LogP contribution in [0.4, 0.5) is 0 Å². The molecule has 0 spiro atoms. The minimum Gasteiger partial charge on any atom is -0.412 e. The first kappa shape index (κ1) is 30.4. The monoisotopic (exact) mass is 496 g/mol. The highest BCUT2D eigenvalue weighted by Crippen LogP contribution is 2.57. The normalized spacial score (nSPS) is 24.6. The Morgan fingerprint density at radius 2 is 0.833 bits per heavy atom. The van der Waals surface area contributed by atoms with E-state index in [9.17, 15) is 10.2 Å². The number of hydrogen-bond donors (Lipinski definition) is 2. The van der Waals surface area contributed by atoms with Crippen molar-refractivity contribution in [1.29, 1.82) is 0 Å². The molecule has 0 saturated heterocycles. The van der Waals surface area contributed by atoms with E-state index in [2.05, 4.69) is 19.9 Å². The molecule has 192 valence electrons. The molecule has 4 atom stereocenters. The lowest BCUT2D eigenvalue weighted by molar-refractivity contribution is -0.125. The van der Waals surface area contributed by atoms with Crippen LogP contribution >= 0.6 is 0 Å². The van der Waals surface area contributed by atoms with Gasteiger partial charge in [-0.15, -0.1) is 0 Å². The van der Waals surface area contributed by atoms with E-state index in [1.54, 1.807) is 24.8 Å². The zero-order valence-electron chi connectivity index (χ0n) is 19.5. The zero-order valence-corrected chi connectivity index (χ0v) is 19.5. The van der Waals surface area contributed by atoms with E-state index in [4.69, 9.17) is 0 Å². The summed E-state index contributed by atoms with van der Waals surface area (Å²) in [5, 5.41) is 24.4. The number of rotatable bonds is 4. The van der Waals surface area contributed by atoms with E-state index in [0.29, 0.717) is 22.8 Å². The van der Waals surface area contributed by atoms with E-state index >= 15 is 0 Å².